The number of para-hydroxylation sites is 1. The maximum absolute atomic E-state index is 13.7. The number of esters is 1. The number of ketones is 1. The molecule has 8 atom stereocenters. The summed E-state index contributed by atoms with van der Waals surface area (Å²) in [5, 5.41) is 15.0. The SMILES string of the molecule is C=C[C@]1(C)C[C@@H](OC(=O)CSc2nc(N)nc3c2ncn3C(=O)NCc2ccccc2OC)[C@@]2(C)C3C(=O)CC[C@@]3(CC[C@H]2C)[C@@H](C)[C@@H]1O. The van der Waals surface area contributed by atoms with Crippen LogP contribution in [0.15, 0.2) is 48.3 Å². The number of methoxy groups -OCH3 is 1. The molecule has 3 saturated carbocycles. The van der Waals surface area contributed by atoms with Gasteiger partial charge in [-0.2, -0.15) is 4.98 Å². The van der Waals surface area contributed by atoms with Crippen molar-refractivity contribution in [3.8, 4) is 5.75 Å². The van der Waals surface area contributed by atoms with Crippen molar-refractivity contribution in [3.05, 3.63) is 48.8 Å². The molecule has 262 valence electrons. The van der Waals surface area contributed by atoms with E-state index in [4.69, 9.17) is 15.2 Å². The molecule has 3 aliphatic rings. The summed E-state index contributed by atoms with van der Waals surface area (Å²) in [6.45, 7) is 12.6. The minimum atomic E-state index is -0.744. The van der Waals surface area contributed by atoms with Crippen molar-refractivity contribution in [2.45, 2.75) is 83.6 Å². The molecule has 3 aromatic rings. The average molecular weight is 691 g/mol. The highest BCUT2D eigenvalue weighted by Gasteiger charge is 2.68. The molecule has 0 radical (unpaired) electrons. The molecule has 13 heteroatoms. The third-order valence-electron chi connectivity index (χ3n) is 12.1. The normalized spacial score (nSPS) is 32.5. The van der Waals surface area contributed by atoms with E-state index in [1.165, 1.54) is 10.9 Å². The van der Waals surface area contributed by atoms with Gasteiger partial charge in [0.05, 0.1) is 19.0 Å². The molecule has 0 aliphatic heterocycles. The highest BCUT2D eigenvalue weighted by atomic mass is 32.2. The van der Waals surface area contributed by atoms with E-state index in [0.29, 0.717) is 29.1 Å². The molecule has 2 aromatic heterocycles. The molecule has 6 rings (SSSR count). The van der Waals surface area contributed by atoms with Crippen molar-refractivity contribution in [1.82, 2.24) is 24.8 Å². The lowest BCUT2D eigenvalue weighted by Crippen LogP contribution is -2.63. The third-order valence-corrected chi connectivity index (χ3v) is 13.1. The number of Topliss-reactive ketones (excluding diaryl/α,β-unsaturated/α-hetero) is 1. The number of nitrogens with two attached hydrogens (primary N) is 1. The van der Waals surface area contributed by atoms with Crippen molar-refractivity contribution in [2.75, 3.05) is 18.6 Å². The van der Waals surface area contributed by atoms with E-state index in [9.17, 15) is 19.5 Å². The number of rotatable bonds is 8. The Morgan fingerprint density at radius 1 is 1.22 bits per heavy atom. The predicted octanol–water partition coefficient (Wildman–Crippen LogP) is 5.17. The van der Waals surface area contributed by atoms with Crippen molar-refractivity contribution >= 4 is 46.7 Å². The quantitative estimate of drug-likeness (QED) is 0.123. The molecule has 0 spiro atoms. The number of nitrogen functional groups attached to an aromatic ring is 1. The number of aliphatic hydroxyl groups is 1. The number of aliphatic hydroxyl groups excluding tert-OH is 1. The van der Waals surface area contributed by atoms with Gasteiger partial charge >= 0.3 is 12.0 Å². The molecule has 1 aromatic carbocycles. The van der Waals surface area contributed by atoms with Crippen LogP contribution < -0.4 is 15.8 Å². The zero-order valence-electron chi connectivity index (χ0n) is 28.8. The Morgan fingerprint density at radius 2 is 1.98 bits per heavy atom. The second-order valence-electron chi connectivity index (χ2n) is 14.5. The van der Waals surface area contributed by atoms with E-state index in [-0.39, 0.29) is 52.8 Å². The number of hydrogen-bond acceptors (Lipinski definition) is 11. The van der Waals surface area contributed by atoms with Crippen molar-refractivity contribution < 1.29 is 29.0 Å². The summed E-state index contributed by atoms with van der Waals surface area (Å²) >= 11 is 1.09. The van der Waals surface area contributed by atoms with E-state index in [0.717, 1.165) is 36.6 Å². The lowest BCUT2D eigenvalue weighted by molar-refractivity contribution is -0.205. The van der Waals surface area contributed by atoms with E-state index >= 15 is 0 Å². The molecule has 3 aliphatic carbocycles. The van der Waals surface area contributed by atoms with Crippen LogP contribution in [0.2, 0.25) is 0 Å². The van der Waals surface area contributed by atoms with Gasteiger partial charge in [-0.05, 0) is 49.0 Å². The van der Waals surface area contributed by atoms with E-state index in [2.05, 4.69) is 47.6 Å². The second kappa shape index (κ2) is 13.1. The first-order valence-corrected chi connectivity index (χ1v) is 17.8. The summed E-state index contributed by atoms with van der Waals surface area (Å²) < 4.78 is 13.0. The van der Waals surface area contributed by atoms with Crippen LogP contribution in [0, 0.1) is 34.0 Å². The number of ether oxygens (including phenoxy) is 2. The van der Waals surface area contributed by atoms with Gasteiger partial charge in [0.15, 0.2) is 5.65 Å². The maximum atomic E-state index is 13.7. The topological polar surface area (TPSA) is 172 Å². The number of fused-ring (bicyclic) bond motifs is 1. The number of benzene rings is 1. The van der Waals surface area contributed by atoms with Gasteiger partial charge in [0.1, 0.15) is 34.5 Å². The molecule has 1 amide bonds. The molecule has 49 heavy (non-hydrogen) atoms. The van der Waals surface area contributed by atoms with E-state index in [1.807, 2.05) is 31.2 Å². The summed E-state index contributed by atoms with van der Waals surface area (Å²) in [7, 11) is 1.57. The predicted molar refractivity (Wildman–Crippen MR) is 186 cm³/mol. The number of thioether (sulfide) groups is 1. The summed E-state index contributed by atoms with van der Waals surface area (Å²) in [5.41, 5.74) is 5.67. The fourth-order valence-electron chi connectivity index (χ4n) is 9.07. The highest BCUT2D eigenvalue weighted by molar-refractivity contribution is 8.00. The van der Waals surface area contributed by atoms with Gasteiger partial charge in [0, 0.05) is 35.3 Å². The summed E-state index contributed by atoms with van der Waals surface area (Å²) in [5.74, 6) is -0.136. The average Bonchev–Trinajstić information content (AvgIpc) is 3.68. The first kappa shape index (κ1) is 34.9. The zero-order valence-corrected chi connectivity index (χ0v) is 29.6. The monoisotopic (exact) mass is 690 g/mol. The molecular formula is C36H46N6O6S. The Bertz CT molecular complexity index is 1800. The summed E-state index contributed by atoms with van der Waals surface area (Å²) in [6.07, 6.45) is 5.05. The van der Waals surface area contributed by atoms with Gasteiger partial charge in [-0.1, -0.05) is 63.7 Å². The number of amides is 1. The smallest absolute Gasteiger partial charge is 0.328 e. The lowest BCUT2D eigenvalue weighted by atomic mass is 9.44. The molecule has 12 nitrogen and oxygen atoms in total. The van der Waals surface area contributed by atoms with Crippen molar-refractivity contribution in [1.29, 1.82) is 0 Å². The largest absolute Gasteiger partial charge is 0.496 e. The fraction of sp³-hybridized carbons (Fsp3) is 0.556. The molecule has 0 saturated heterocycles. The molecule has 1 unspecified atom stereocenters. The van der Waals surface area contributed by atoms with Crippen LogP contribution in [0.1, 0.15) is 65.4 Å². The molecule has 3 fully saturated rings. The van der Waals surface area contributed by atoms with Gasteiger partial charge in [0.25, 0.3) is 0 Å². The number of nitrogens with zero attached hydrogens (tertiary/aromatic N) is 4. The minimum Gasteiger partial charge on any atom is -0.496 e. The van der Waals surface area contributed by atoms with E-state index < -0.39 is 35.0 Å². The summed E-state index contributed by atoms with van der Waals surface area (Å²) in [6, 6.07) is 6.90. The molecule has 4 N–H and O–H groups in total. The van der Waals surface area contributed by atoms with Gasteiger partial charge in [-0.25, -0.2) is 19.3 Å². The van der Waals surface area contributed by atoms with Crippen molar-refractivity contribution in [2.24, 2.45) is 34.0 Å². The van der Waals surface area contributed by atoms with Gasteiger partial charge < -0.3 is 25.6 Å². The standard InChI is InChI=1S/C36H46N6O6S/c1-7-34(4)16-25(35(5)20(2)12-14-36(21(3)29(34)45)15-13-23(43)28(35)36)48-26(44)18-49-31-27-30(40-32(37)41-31)42(19-39-27)33(46)38-17-22-10-8-9-11-24(22)47-6/h7-11,19-21,25,28-29,45H,1,12-18H2,2-6H3,(H,38,46)(H2,37,40,41)/t20-,21+,25-,28?,29+,34-,35+,36+/m1/s1. The van der Waals surface area contributed by atoms with Gasteiger partial charge in [0.2, 0.25) is 5.95 Å². The number of hydrogen-bond donors (Lipinski definition) is 3. The second-order valence-corrected chi connectivity index (χ2v) is 15.5. The van der Waals surface area contributed by atoms with E-state index in [1.54, 1.807) is 13.2 Å². The first-order chi connectivity index (χ1) is 23.3. The lowest BCUT2D eigenvalue weighted by Gasteiger charge is -2.61. The first-order valence-electron chi connectivity index (χ1n) is 16.9. The Morgan fingerprint density at radius 3 is 2.71 bits per heavy atom. The number of carbonyl (C=O) groups excluding carboxylic acids is 3. The van der Waals surface area contributed by atoms with Crippen LogP contribution in [0.3, 0.4) is 0 Å². The van der Waals surface area contributed by atoms with Gasteiger partial charge in [-0.15, -0.1) is 6.58 Å². The van der Waals surface area contributed by atoms with Crippen LogP contribution in [-0.2, 0) is 20.9 Å². The third kappa shape index (κ3) is 5.78. The number of aromatic nitrogens is 4. The Balaban J connectivity index is 1.23. The van der Waals surface area contributed by atoms with Crippen LogP contribution in [0.5, 0.6) is 5.75 Å². The van der Waals surface area contributed by atoms with Crippen LogP contribution in [-0.4, -0.2) is 67.5 Å². The number of anilines is 1. The minimum absolute atomic E-state index is 0.0767. The highest BCUT2D eigenvalue weighted by Crippen LogP contribution is 2.68. The zero-order chi connectivity index (χ0) is 35.3. The van der Waals surface area contributed by atoms with Gasteiger partial charge in [-0.3, -0.25) is 9.59 Å². The molecular weight excluding hydrogens is 644 g/mol. The fourth-order valence-corrected chi connectivity index (χ4v) is 9.83. The number of carbonyl (C=O) groups is 3. The molecule has 2 heterocycles. The van der Waals surface area contributed by atoms with Crippen LogP contribution in [0.4, 0.5) is 10.7 Å². The van der Waals surface area contributed by atoms with Crippen LogP contribution >= 0.6 is 11.8 Å². The Kier molecular flexibility index (Phi) is 9.29. The number of nitrogens with one attached hydrogen (secondary N) is 1. The van der Waals surface area contributed by atoms with Crippen molar-refractivity contribution in [3.63, 3.8) is 0 Å². The molecule has 2 bridgehead atoms. The Labute approximate surface area is 290 Å². The summed E-state index contributed by atoms with van der Waals surface area (Å²) in [4.78, 5) is 53.6. The van der Waals surface area contributed by atoms with Crippen LogP contribution in [0.25, 0.3) is 11.2 Å². The Hall–Kier alpha value is -3.97. The number of imidazole rings is 1. The maximum Gasteiger partial charge on any atom is 0.328 e.